The third-order valence-corrected chi connectivity index (χ3v) is 13.2. The van der Waals surface area contributed by atoms with Gasteiger partial charge >= 0.3 is 168 Å². The molecule has 0 unspecified atom stereocenters. The van der Waals surface area contributed by atoms with Crippen LogP contribution in [0.15, 0.2) is 62.4 Å². The van der Waals surface area contributed by atoms with E-state index in [-0.39, 0.29) is 24.8 Å². The topological polar surface area (TPSA) is 4.93 Å². The Morgan fingerprint density at radius 2 is 1.96 bits per heavy atom. The molecule has 6 heteroatoms. The SMILES string of the molecule is Cn1c2c(c3ccc[c]([Zr+2](=[S])[C]4=CC=CC4)c31)Cc1cc(Br)ccc1-2.[Cl-].[Cl-]. The Labute approximate surface area is 191 Å². The number of aryl methyl sites for hydroxylation is 1. The van der Waals surface area contributed by atoms with Gasteiger partial charge < -0.3 is 24.8 Å². The maximum absolute atomic E-state index is 6.12. The van der Waals surface area contributed by atoms with Gasteiger partial charge in [0.2, 0.25) is 0 Å². The van der Waals surface area contributed by atoms with Crippen molar-refractivity contribution >= 4 is 39.0 Å². The Kier molecular flexibility index (Phi) is 6.45. The molecular weight excluding hydrogens is 540 g/mol. The van der Waals surface area contributed by atoms with Crippen LogP contribution < -0.4 is 28.1 Å². The molecule has 0 saturated carbocycles. The molecule has 0 fully saturated rings. The molecule has 0 saturated heterocycles. The van der Waals surface area contributed by atoms with Crippen LogP contribution in [0.1, 0.15) is 17.5 Å². The van der Waals surface area contributed by atoms with Crippen molar-refractivity contribution in [3.63, 3.8) is 0 Å². The zero-order chi connectivity index (χ0) is 17.1. The average Bonchev–Trinajstić information content (AvgIpc) is 3.31. The van der Waals surface area contributed by atoms with E-state index < -0.39 is 19.7 Å². The second kappa shape index (κ2) is 8.16. The Morgan fingerprint density at radius 1 is 1.15 bits per heavy atom. The van der Waals surface area contributed by atoms with Crippen molar-refractivity contribution < 1.29 is 44.5 Å². The van der Waals surface area contributed by atoms with Gasteiger partial charge in [0.1, 0.15) is 0 Å². The second-order valence-corrected chi connectivity index (χ2v) is 14.6. The van der Waals surface area contributed by atoms with Crippen LogP contribution in [0.2, 0.25) is 0 Å². The standard InChI is InChI=1S/C16H11BrN.C5H5.2ClH.S.Zr/c1-18-15-5-3-2-4-13(15)14-9-10-8-11(17)6-7-12(10)16(14)18;1-2-4-5-3-1;;;;/h2-4,6-8H,9H2,1H3;1-3H,4H2;2*1H;;/q;;;;;+2/p-2. The first-order valence-corrected chi connectivity index (χ1v) is 15.1. The fourth-order valence-electron chi connectivity index (χ4n) is 4.21. The van der Waals surface area contributed by atoms with Crippen molar-refractivity contribution in [1.29, 1.82) is 0 Å². The molecule has 0 N–H and O–H groups in total. The van der Waals surface area contributed by atoms with Crippen LogP contribution in [0.5, 0.6) is 0 Å². The predicted molar refractivity (Wildman–Crippen MR) is 108 cm³/mol. The molecular formula is C21H16BrCl2NSZr. The maximum Gasteiger partial charge on any atom is -1.00 e. The molecule has 0 spiro atoms. The molecule has 136 valence electrons. The zero-order valence-electron chi connectivity index (χ0n) is 14.6. The molecule has 3 aromatic rings. The van der Waals surface area contributed by atoms with Crippen molar-refractivity contribution in [2.75, 3.05) is 0 Å². The summed E-state index contributed by atoms with van der Waals surface area (Å²) in [5.41, 5.74) is 7.03. The fourth-order valence-corrected chi connectivity index (χ4v) is 10.6. The number of aromatic nitrogens is 1. The van der Waals surface area contributed by atoms with E-state index in [2.05, 4.69) is 82.2 Å². The number of nitrogens with zero attached hydrogens (tertiary/aromatic N) is 1. The number of hydrogen-bond acceptors (Lipinski definition) is 1. The smallest absolute Gasteiger partial charge is 1.00 e. The van der Waals surface area contributed by atoms with Gasteiger partial charge in [0, 0.05) is 0 Å². The summed E-state index contributed by atoms with van der Waals surface area (Å²) in [5, 5.41) is 1.40. The molecule has 0 amide bonds. The minimum atomic E-state index is -2.18. The van der Waals surface area contributed by atoms with Gasteiger partial charge in [-0.05, 0) is 0 Å². The third kappa shape index (κ3) is 3.32. The van der Waals surface area contributed by atoms with Gasteiger partial charge in [-0.1, -0.05) is 0 Å². The predicted octanol–water partition coefficient (Wildman–Crippen LogP) is -0.280. The van der Waals surface area contributed by atoms with E-state index >= 15 is 0 Å². The molecule has 2 aliphatic carbocycles. The summed E-state index contributed by atoms with van der Waals surface area (Å²) in [6.45, 7) is 0. The van der Waals surface area contributed by atoms with Gasteiger partial charge in [-0.25, -0.2) is 0 Å². The number of halogens is 3. The van der Waals surface area contributed by atoms with Crippen molar-refractivity contribution in [2.24, 2.45) is 7.05 Å². The van der Waals surface area contributed by atoms with Crippen LogP contribution in [0.3, 0.4) is 0 Å². The molecule has 2 aromatic carbocycles. The molecule has 5 rings (SSSR count). The van der Waals surface area contributed by atoms with E-state index in [4.69, 9.17) is 8.86 Å². The van der Waals surface area contributed by atoms with Crippen molar-refractivity contribution in [1.82, 2.24) is 4.57 Å². The summed E-state index contributed by atoms with van der Waals surface area (Å²) in [6.07, 6.45) is 8.76. The number of para-hydroxylation sites is 1. The minimum Gasteiger partial charge on any atom is -1.00 e. The second-order valence-electron chi connectivity index (χ2n) is 6.72. The van der Waals surface area contributed by atoms with Crippen LogP contribution in [0.4, 0.5) is 0 Å². The molecule has 1 heterocycles. The van der Waals surface area contributed by atoms with Crippen LogP contribution in [-0.4, -0.2) is 4.57 Å². The normalized spacial score (nSPS) is 13.3. The van der Waals surface area contributed by atoms with Crippen LogP contribution in [0.25, 0.3) is 22.2 Å². The van der Waals surface area contributed by atoms with Crippen LogP contribution >= 0.6 is 24.8 Å². The van der Waals surface area contributed by atoms with E-state index in [1.54, 1.807) is 0 Å². The summed E-state index contributed by atoms with van der Waals surface area (Å²) in [6, 6.07) is 13.4. The summed E-state index contributed by atoms with van der Waals surface area (Å²) in [4.78, 5) is 0. The van der Waals surface area contributed by atoms with E-state index in [1.807, 2.05) is 0 Å². The van der Waals surface area contributed by atoms with Gasteiger partial charge in [0.25, 0.3) is 0 Å². The van der Waals surface area contributed by atoms with Gasteiger partial charge in [-0.15, -0.1) is 0 Å². The Morgan fingerprint density at radius 3 is 2.70 bits per heavy atom. The third-order valence-electron chi connectivity index (χ3n) is 5.31. The van der Waals surface area contributed by atoms with Gasteiger partial charge in [-0.3, -0.25) is 0 Å². The molecule has 1 nitrogen and oxygen atoms in total. The van der Waals surface area contributed by atoms with E-state index in [9.17, 15) is 0 Å². The summed E-state index contributed by atoms with van der Waals surface area (Å²) in [5.74, 6) is 0. The molecule has 2 aliphatic rings. The first-order chi connectivity index (χ1) is 12.1. The van der Waals surface area contributed by atoms with Gasteiger partial charge in [0.05, 0.1) is 0 Å². The Bertz CT molecular complexity index is 1150. The monoisotopic (exact) mass is 553 g/mol. The van der Waals surface area contributed by atoms with E-state index in [0.29, 0.717) is 0 Å². The van der Waals surface area contributed by atoms with Crippen molar-refractivity contribution in [2.45, 2.75) is 12.8 Å². The summed E-state index contributed by atoms with van der Waals surface area (Å²) >= 11 is 1.43. The molecule has 0 atom stereocenters. The number of rotatable bonds is 2. The number of hydrogen-bond donors (Lipinski definition) is 0. The van der Waals surface area contributed by atoms with E-state index in [1.165, 1.54) is 39.8 Å². The van der Waals surface area contributed by atoms with Crippen LogP contribution in [0, 0.1) is 0 Å². The molecule has 27 heavy (non-hydrogen) atoms. The number of fused-ring (bicyclic) bond motifs is 5. The average molecular weight is 556 g/mol. The first kappa shape index (κ1) is 21.3. The number of benzene rings is 2. The zero-order valence-corrected chi connectivity index (χ0v) is 21.0. The summed E-state index contributed by atoms with van der Waals surface area (Å²) in [7, 11) is 8.34. The number of allylic oxidation sites excluding steroid dienone is 4. The molecule has 1 aromatic heterocycles. The largest absolute Gasteiger partial charge is 1.00 e. The maximum atomic E-state index is 6.12. The quantitative estimate of drug-likeness (QED) is 0.329. The molecule has 0 aliphatic heterocycles. The van der Waals surface area contributed by atoms with Crippen LogP contribution in [-0.2, 0) is 33.2 Å². The first-order valence-electron chi connectivity index (χ1n) is 8.44. The van der Waals surface area contributed by atoms with Gasteiger partial charge in [0.15, 0.2) is 0 Å². The van der Waals surface area contributed by atoms with Gasteiger partial charge in [-0.2, -0.15) is 0 Å². The summed E-state index contributed by atoms with van der Waals surface area (Å²) < 4.78 is 6.55. The molecule has 0 radical (unpaired) electrons. The van der Waals surface area contributed by atoms with E-state index in [0.717, 1.165) is 17.3 Å². The minimum absolute atomic E-state index is 0. The fraction of sp³-hybridized carbons (Fsp3) is 0.143. The Balaban J connectivity index is 0.00000105. The molecule has 0 bridgehead atoms. The van der Waals surface area contributed by atoms with Crippen molar-refractivity contribution in [3.05, 3.63) is 73.5 Å². The van der Waals surface area contributed by atoms with Crippen molar-refractivity contribution in [3.8, 4) is 11.3 Å². The Hall–Kier alpha value is -0.377.